The van der Waals surface area contributed by atoms with E-state index in [9.17, 15) is 4.79 Å². The van der Waals surface area contributed by atoms with Gasteiger partial charge < -0.3 is 9.30 Å². The molecule has 0 radical (unpaired) electrons. The Hall–Kier alpha value is -3.41. The number of carbonyl (C=O) groups is 1. The van der Waals surface area contributed by atoms with E-state index in [0.29, 0.717) is 6.61 Å². The van der Waals surface area contributed by atoms with Gasteiger partial charge in [0.15, 0.2) is 0 Å². The SMILES string of the molecule is CCOc1ccc(CC(=O)N/N=C(\C)c2ccc(-n3ccnc3)cc2)cc1. The van der Waals surface area contributed by atoms with Crippen LogP contribution in [0.4, 0.5) is 0 Å². The van der Waals surface area contributed by atoms with Crippen LogP contribution in [-0.4, -0.2) is 27.8 Å². The van der Waals surface area contributed by atoms with Crippen LogP contribution < -0.4 is 10.2 Å². The van der Waals surface area contributed by atoms with Crippen molar-refractivity contribution < 1.29 is 9.53 Å². The highest BCUT2D eigenvalue weighted by Crippen LogP contribution is 2.13. The monoisotopic (exact) mass is 362 g/mol. The Morgan fingerprint density at radius 3 is 2.52 bits per heavy atom. The molecule has 3 aromatic rings. The normalized spacial score (nSPS) is 11.3. The largest absolute Gasteiger partial charge is 0.494 e. The maximum absolute atomic E-state index is 12.1. The second-order valence-electron chi connectivity index (χ2n) is 6.00. The highest BCUT2D eigenvalue weighted by molar-refractivity contribution is 5.99. The number of carbonyl (C=O) groups excluding carboxylic acids is 1. The van der Waals surface area contributed by atoms with Crippen LogP contribution in [0, 0.1) is 0 Å². The number of hydrazone groups is 1. The van der Waals surface area contributed by atoms with Gasteiger partial charge in [0, 0.05) is 18.1 Å². The van der Waals surface area contributed by atoms with Crippen molar-refractivity contribution in [2.75, 3.05) is 6.61 Å². The second kappa shape index (κ2) is 8.80. The molecule has 138 valence electrons. The molecular formula is C21H22N4O2. The molecule has 6 nitrogen and oxygen atoms in total. The molecule has 0 unspecified atom stereocenters. The fourth-order valence-electron chi connectivity index (χ4n) is 2.59. The van der Waals surface area contributed by atoms with E-state index in [-0.39, 0.29) is 12.3 Å². The van der Waals surface area contributed by atoms with Crippen LogP contribution in [0.1, 0.15) is 25.0 Å². The first-order valence-electron chi connectivity index (χ1n) is 8.79. The van der Waals surface area contributed by atoms with E-state index in [2.05, 4.69) is 15.5 Å². The summed E-state index contributed by atoms with van der Waals surface area (Å²) in [4.78, 5) is 16.1. The zero-order chi connectivity index (χ0) is 19.1. The molecule has 1 N–H and O–H groups in total. The lowest BCUT2D eigenvalue weighted by atomic mass is 10.1. The van der Waals surface area contributed by atoms with Gasteiger partial charge in [0.2, 0.25) is 5.91 Å². The number of nitrogens with one attached hydrogen (secondary N) is 1. The third-order valence-electron chi connectivity index (χ3n) is 4.03. The first-order valence-corrected chi connectivity index (χ1v) is 8.79. The maximum atomic E-state index is 12.1. The van der Waals surface area contributed by atoms with E-state index >= 15 is 0 Å². The summed E-state index contributed by atoms with van der Waals surface area (Å²) < 4.78 is 7.32. The lowest BCUT2D eigenvalue weighted by Crippen LogP contribution is -2.21. The molecule has 6 heteroatoms. The molecule has 0 aliphatic heterocycles. The molecule has 0 atom stereocenters. The van der Waals surface area contributed by atoms with Crippen LogP contribution in [0.25, 0.3) is 5.69 Å². The molecule has 27 heavy (non-hydrogen) atoms. The van der Waals surface area contributed by atoms with E-state index in [1.54, 1.807) is 12.5 Å². The predicted octanol–water partition coefficient (Wildman–Crippen LogP) is 3.35. The van der Waals surface area contributed by atoms with Crippen LogP contribution in [0.2, 0.25) is 0 Å². The van der Waals surface area contributed by atoms with Gasteiger partial charge in [-0.2, -0.15) is 5.10 Å². The summed E-state index contributed by atoms with van der Waals surface area (Å²) in [5.41, 5.74) is 6.23. The maximum Gasteiger partial charge on any atom is 0.244 e. The first-order chi connectivity index (χ1) is 13.2. The number of aromatic nitrogens is 2. The van der Waals surface area contributed by atoms with Gasteiger partial charge in [-0.15, -0.1) is 0 Å². The van der Waals surface area contributed by atoms with Crippen molar-refractivity contribution in [2.24, 2.45) is 5.10 Å². The minimum atomic E-state index is -0.159. The fourth-order valence-corrected chi connectivity index (χ4v) is 2.59. The summed E-state index contributed by atoms with van der Waals surface area (Å²) in [7, 11) is 0. The van der Waals surface area contributed by atoms with Gasteiger partial charge >= 0.3 is 0 Å². The Labute approximate surface area is 158 Å². The smallest absolute Gasteiger partial charge is 0.244 e. The number of nitrogens with zero attached hydrogens (tertiary/aromatic N) is 3. The first kappa shape index (κ1) is 18.4. The fraction of sp³-hybridized carbons (Fsp3) is 0.190. The summed E-state index contributed by atoms with van der Waals surface area (Å²) in [5, 5.41) is 4.20. The summed E-state index contributed by atoms with van der Waals surface area (Å²) in [6.07, 6.45) is 5.64. The number of rotatable bonds is 7. The molecule has 1 aromatic heterocycles. The molecule has 0 fully saturated rings. The molecule has 2 aromatic carbocycles. The van der Waals surface area contributed by atoms with Gasteiger partial charge in [0.1, 0.15) is 5.75 Å². The topological polar surface area (TPSA) is 68.5 Å². The van der Waals surface area contributed by atoms with Crippen molar-refractivity contribution >= 4 is 11.6 Å². The van der Waals surface area contributed by atoms with Crippen LogP contribution in [-0.2, 0) is 11.2 Å². The molecule has 0 bridgehead atoms. The van der Waals surface area contributed by atoms with Gasteiger partial charge in [-0.1, -0.05) is 24.3 Å². The minimum absolute atomic E-state index is 0.159. The summed E-state index contributed by atoms with van der Waals surface area (Å²) in [6.45, 7) is 4.42. The molecule has 1 heterocycles. The number of amides is 1. The molecule has 0 saturated heterocycles. The van der Waals surface area contributed by atoms with E-state index in [4.69, 9.17) is 4.74 Å². The number of imidazole rings is 1. The molecule has 3 rings (SSSR count). The minimum Gasteiger partial charge on any atom is -0.494 e. The standard InChI is InChI=1S/C21H22N4O2/c1-3-27-20-10-4-17(5-11-20)14-21(26)24-23-16(2)18-6-8-19(9-7-18)25-13-12-22-15-25/h4-13,15H,3,14H2,1-2H3,(H,24,26)/b23-16+. The van der Waals surface area contributed by atoms with E-state index in [1.165, 1.54) is 0 Å². The van der Waals surface area contributed by atoms with Crippen molar-refractivity contribution in [2.45, 2.75) is 20.3 Å². The predicted molar refractivity (Wildman–Crippen MR) is 105 cm³/mol. The van der Waals surface area contributed by atoms with E-state index in [0.717, 1.165) is 28.3 Å². The highest BCUT2D eigenvalue weighted by atomic mass is 16.5. The van der Waals surface area contributed by atoms with Crippen LogP contribution in [0.5, 0.6) is 5.75 Å². The molecular weight excluding hydrogens is 340 g/mol. The van der Waals surface area contributed by atoms with E-state index in [1.807, 2.05) is 73.1 Å². The molecule has 0 spiro atoms. The number of hydrogen-bond acceptors (Lipinski definition) is 4. The summed E-state index contributed by atoms with van der Waals surface area (Å²) in [6, 6.07) is 15.4. The van der Waals surface area contributed by atoms with Crippen molar-refractivity contribution in [3.05, 3.63) is 78.4 Å². The van der Waals surface area contributed by atoms with Gasteiger partial charge in [-0.25, -0.2) is 10.4 Å². The van der Waals surface area contributed by atoms with E-state index < -0.39 is 0 Å². The van der Waals surface area contributed by atoms with Gasteiger partial charge in [-0.3, -0.25) is 4.79 Å². The van der Waals surface area contributed by atoms with Gasteiger partial charge in [-0.05, 0) is 49.2 Å². The third kappa shape index (κ3) is 5.04. The van der Waals surface area contributed by atoms with Gasteiger partial charge in [0.05, 0.1) is 25.1 Å². The molecule has 0 saturated carbocycles. The van der Waals surface area contributed by atoms with Crippen molar-refractivity contribution in [1.29, 1.82) is 0 Å². The van der Waals surface area contributed by atoms with Crippen molar-refractivity contribution in [1.82, 2.24) is 15.0 Å². The Morgan fingerprint density at radius 1 is 1.15 bits per heavy atom. The lowest BCUT2D eigenvalue weighted by Gasteiger charge is -2.06. The molecule has 1 amide bonds. The average molecular weight is 362 g/mol. The van der Waals surface area contributed by atoms with Crippen LogP contribution in [0.3, 0.4) is 0 Å². The number of benzene rings is 2. The Bertz CT molecular complexity index is 898. The lowest BCUT2D eigenvalue weighted by molar-refractivity contribution is -0.120. The Balaban J connectivity index is 1.57. The Morgan fingerprint density at radius 2 is 1.89 bits per heavy atom. The zero-order valence-corrected chi connectivity index (χ0v) is 15.4. The van der Waals surface area contributed by atoms with Crippen LogP contribution in [0.15, 0.2) is 72.4 Å². The quantitative estimate of drug-likeness (QED) is 0.518. The van der Waals surface area contributed by atoms with Crippen molar-refractivity contribution in [3.8, 4) is 11.4 Å². The summed E-state index contributed by atoms with van der Waals surface area (Å²) >= 11 is 0. The second-order valence-corrected chi connectivity index (χ2v) is 6.00. The number of hydrogen-bond donors (Lipinski definition) is 1. The Kier molecular flexibility index (Phi) is 5.99. The van der Waals surface area contributed by atoms with Gasteiger partial charge in [0.25, 0.3) is 0 Å². The average Bonchev–Trinajstić information content (AvgIpc) is 3.23. The number of ether oxygens (including phenoxy) is 1. The van der Waals surface area contributed by atoms with Crippen molar-refractivity contribution in [3.63, 3.8) is 0 Å². The highest BCUT2D eigenvalue weighted by Gasteiger charge is 2.04. The van der Waals surface area contributed by atoms with Crippen LogP contribution >= 0.6 is 0 Å². The summed E-state index contributed by atoms with van der Waals surface area (Å²) in [5.74, 6) is 0.642. The third-order valence-corrected chi connectivity index (χ3v) is 4.03. The zero-order valence-electron chi connectivity index (χ0n) is 15.4. The molecule has 0 aliphatic rings. The molecule has 0 aliphatic carbocycles.